The lowest BCUT2D eigenvalue weighted by atomic mass is 10.2. The summed E-state index contributed by atoms with van der Waals surface area (Å²) in [5.74, 6) is 0. The molecule has 2 nitrogen and oxygen atoms in total. The van der Waals surface area contributed by atoms with E-state index in [1.54, 1.807) is 7.11 Å². The maximum absolute atomic E-state index is 5.12. The van der Waals surface area contributed by atoms with E-state index in [-0.39, 0.29) is 0 Å². The average molecular weight is 115 g/mol. The van der Waals surface area contributed by atoms with Crippen LogP contribution < -0.4 is 5.32 Å². The van der Waals surface area contributed by atoms with Gasteiger partial charge in [-0.1, -0.05) is 0 Å². The molecule has 2 heteroatoms. The van der Waals surface area contributed by atoms with Gasteiger partial charge in [0.05, 0.1) is 6.10 Å². The Morgan fingerprint density at radius 2 is 2.38 bits per heavy atom. The molecule has 1 rings (SSSR count). The second-order valence-corrected chi connectivity index (χ2v) is 2.40. The largest absolute Gasteiger partial charge is 0.380 e. The van der Waals surface area contributed by atoms with Gasteiger partial charge in [0.2, 0.25) is 0 Å². The fourth-order valence-corrected chi connectivity index (χ4v) is 1.07. The van der Waals surface area contributed by atoms with Crippen LogP contribution in [-0.2, 0) is 4.74 Å². The van der Waals surface area contributed by atoms with Gasteiger partial charge < -0.3 is 10.1 Å². The number of methoxy groups -OCH3 is 1. The van der Waals surface area contributed by atoms with Gasteiger partial charge in [0.25, 0.3) is 0 Å². The van der Waals surface area contributed by atoms with Crippen molar-refractivity contribution in [2.75, 3.05) is 13.7 Å². The second-order valence-electron chi connectivity index (χ2n) is 2.40. The van der Waals surface area contributed by atoms with Gasteiger partial charge in [0, 0.05) is 19.7 Å². The maximum atomic E-state index is 5.12. The molecule has 2 atom stereocenters. The van der Waals surface area contributed by atoms with Crippen molar-refractivity contribution in [2.45, 2.75) is 25.5 Å². The molecule has 0 radical (unpaired) electrons. The molecule has 1 saturated heterocycles. The van der Waals surface area contributed by atoms with Gasteiger partial charge in [-0.25, -0.2) is 0 Å². The first-order chi connectivity index (χ1) is 3.83. The van der Waals surface area contributed by atoms with Crippen LogP contribution in [0.1, 0.15) is 13.3 Å². The molecule has 1 heterocycles. The predicted octanol–water partition coefficient (Wildman–Crippen LogP) is 0.383. The van der Waals surface area contributed by atoms with Gasteiger partial charge in [0.1, 0.15) is 0 Å². The summed E-state index contributed by atoms with van der Waals surface area (Å²) in [4.78, 5) is 0. The minimum Gasteiger partial charge on any atom is -0.380 e. The third kappa shape index (κ3) is 1.20. The highest BCUT2D eigenvalue weighted by Gasteiger charge is 2.18. The summed E-state index contributed by atoms with van der Waals surface area (Å²) in [6.45, 7) is 3.21. The van der Waals surface area contributed by atoms with E-state index in [1.807, 2.05) is 0 Å². The smallest absolute Gasteiger partial charge is 0.0710 e. The van der Waals surface area contributed by atoms with Crippen molar-refractivity contribution in [1.29, 1.82) is 0 Å². The van der Waals surface area contributed by atoms with Gasteiger partial charge >= 0.3 is 0 Å². The fourth-order valence-electron chi connectivity index (χ4n) is 1.07. The SMILES string of the molecule is CO[C@@H]1CNC(C)C1. The van der Waals surface area contributed by atoms with Crippen LogP contribution in [0.15, 0.2) is 0 Å². The summed E-state index contributed by atoms with van der Waals surface area (Å²) in [7, 11) is 1.77. The first kappa shape index (κ1) is 6.05. The van der Waals surface area contributed by atoms with Crippen LogP contribution in [0.3, 0.4) is 0 Å². The lowest BCUT2D eigenvalue weighted by Crippen LogP contribution is -2.18. The first-order valence-electron chi connectivity index (χ1n) is 3.09. The second kappa shape index (κ2) is 2.46. The first-order valence-corrected chi connectivity index (χ1v) is 3.09. The van der Waals surface area contributed by atoms with Crippen molar-refractivity contribution in [3.8, 4) is 0 Å². The molecule has 0 saturated carbocycles. The lowest BCUT2D eigenvalue weighted by Gasteiger charge is -2.02. The molecule has 8 heavy (non-hydrogen) atoms. The quantitative estimate of drug-likeness (QED) is 0.533. The van der Waals surface area contributed by atoms with Crippen LogP contribution in [-0.4, -0.2) is 25.8 Å². The van der Waals surface area contributed by atoms with Crippen LogP contribution >= 0.6 is 0 Å². The Balaban J connectivity index is 2.22. The van der Waals surface area contributed by atoms with E-state index >= 15 is 0 Å². The van der Waals surface area contributed by atoms with Crippen molar-refractivity contribution in [3.63, 3.8) is 0 Å². The molecule has 1 aliphatic heterocycles. The Kier molecular flexibility index (Phi) is 1.86. The zero-order valence-corrected chi connectivity index (χ0v) is 5.48. The van der Waals surface area contributed by atoms with Crippen LogP contribution in [0.2, 0.25) is 0 Å². The molecular formula is C6H13NO. The van der Waals surface area contributed by atoms with Crippen LogP contribution in [0.25, 0.3) is 0 Å². The normalized spacial score (nSPS) is 38.2. The number of hydrogen-bond donors (Lipinski definition) is 1. The van der Waals surface area contributed by atoms with Crippen molar-refractivity contribution in [1.82, 2.24) is 5.32 Å². The number of ether oxygens (including phenoxy) is 1. The van der Waals surface area contributed by atoms with Crippen molar-refractivity contribution < 1.29 is 4.74 Å². The molecule has 0 spiro atoms. The van der Waals surface area contributed by atoms with E-state index in [1.165, 1.54) is 0 Å². The van der Waals surface area contributed by atoms with E-state index < -0.39 is 0 Å². The standard InChI is InChI=1S/C6H13NO/c1-5-3-6(8-2)4-7-5/h5-7H,3-4H2,1-2H3/t5?,6-/m0/s1. The van der Waals surface area contributed by atoms with Gasteiger partial charge in [-0.05, 0) is 13.3 Å². The van der Waals surface area contributed by atoms with Crippen LogP contribution in [0.4, 0.5) is 0 Å². The maximum Gasteiger partial charge on any atom is 0.0710 e. The summed E-state index contributed by atoms with van der Waals surface area (Å²) in [5.41, 5.74) is 0. The number of rotatable bonds is 1. The molecular weight excluding hydrogens is 102 g/mol. The Hall–Kier alpha value is -0.0800. The zero-order valence-electron chi connectivity index (χ0n) is 5.48. The Labute approximate surface area is 50.2 Å². The third-order valence-electron chi connectivity index (χ3n) is 1.64. The van der Waals surface area contributed by atoms with Crippen molar-refractivity contribution in [3.05, 3.63) is 0 Å². The molecule has 0 amide bonds. The monoisotopic (exact) mass is 115 g/mol. The number of nitrogens with one attached hydrogen (secondary N) is 1. The highest BCUT2D eigenvalue weighted by Crippen LogP contribution is 2.07. The van der Waals surface area contributed by atoms with Crippen molar-refractivity contribution >= 4 is 0 Å². The molecule has 0 aromatic rings. The van der Waals surface area contributed by atoms with Crippen LogP contribution in [0, 0.1) is 0 Å². The Bertz CT molecular complexity index is 74.9. The van der Waals surface area contributed by atoms with Gasteiger partial charge in [-0.3, -0.25) is 0 Å². The van der Waals surface area contributed by atoms with Gasteiger partial charge in [0.15, 0.2) is 0 Å². The summed E-state index contributed by atoms with van der Waals surface area (Å²) in [5, 5.41) is 3.30. The highest BCUT2D eigenvalue weighted by atomic mass is 16.5. The third-order valence-corrected chi connectivity index (χ3v) is 1.64. The zero-order chi connectivity index (χ0) is 5.98. The summed E-state index contributed by atoms with van der Waals surface area (Å²) < 4.78 is 5.12. The summed E-state index contributed by atoms with van der Waals surface area (Å²) >= 11 is 0. The van der Waals surface area contributed by atoms with E-state index in [9.17, 15) is 0 Å². The van der Waals surface area contributed by atoms with E-state index in [0.717, 1.165) is 13.0 Å². The molecule has 48 valence electrons. The molecule has 0 aromatic heterocycles. The van der Waals surface area contributed by atoms with Crippen molar-refractivity contribution in [2.24, 2.45) is 0 Å². The van der Waals surface area contributed by atoms with E-state index in [2.05, 4.69) is 12.2 Å². The fraction of sp³-hybridized carbons (Fsp3) is 1.00. The average Bonchev–Trinajstić information content (AvgIpc) is 2.14. The lowest BCUT2D eigenvalue weighted by molar-refractivity contribution is 0.118. The van der Waals surface area contributed by atoms with Gasteiger partial charge in [-0.15, -0.1) is 0 Å². The topological polar surface area (TPSA) is 21.3 Å². The molecule has 0 aliphatic carbocycles. The minimum atomic E-state index is 0.463. The summed E-state index contributed by atoms with van der Waals surface area (Å²) in [6, 6.07) is 0.653. The minimum absolute atomic E-state index is 0.463. The molecule has 1 aliphatic rings. The Morgan fingerprint density at radius 1 is 1.62 bits per heavy atom. The van der Waals surface area contributed by atoms with E-state index in [4.69, 9.17) is 4.74 Å². The van der Waals surface area contributed by atoms with E-state index in [0.29, 0.717) is 12.1 Å². The molecule has 1 N–H and O–H groups in total. The summed E-state index contributed by atoms with van der Waals surface area (Å²) in [6.07, 6.45) is 1.63. The van der Waals surface area contributed by atoms with Gasteiger partial charge in [-0.2, -0.15) is 0 Å². The molecule has 0 aromatic carbocycles. The highest BCUT2D eigenvalue weighted by molar-refractivity contribution is 4.77. The molecule has 1 fully saturated rings. The predicted molar refractivity (Wildman–Crippen MR) is 32.9 cm³/mol. The molecule has 1 unspecified atom stereocenters. The van der Waals surface area contributed by atoms with Crippen LogP contribution in [0.5, 0.6) is 0 Å². The molecule has 0 bridgehead atoms. The number of hydrogen-bond acceptors (Lipinski definition) is 2. The Morgan fingerprint density at radius 3 is 2.62 bits per heavy atom.